The Morgan fingerprint density at radius 2 is 1.78 bits per heavy atom. The Labute approximate surface area is 157 Å². The van der Waals surface area contributed by atoms with E-state index in [0.29, 0.717) is 17.4 Å². The quantitative estimate of drug-likeness (QED) is 0.686. The molecule has 1 N–H and O–H groups in total. The van der Waals surface area contributed by atoms with Crippen LogP contribution in [0.5, 0.6) is 0 Å². The maximum absolute atomic E-state index is 13.2. The third-order valence-corrected chi connectivity index (χ3v) is 5.11. The van der Waals surface area contributed by atoms with Gasteiger partial charge < -0.3 is 5.32 Å². The van der Waals surface area contributed by atoms with Crippen LogP contribution >= 0.6 is 11.5 Å². The maximum Gasteiger partial charge on any atom is 0.416 e. The highest BCUT2D eigenvalue weighted by molar-refractivity contribution is 7.10. The number of hydrogen-bond acceptors (Lipinski definition) is 4. The third-order valence-electron chi connectivity index (χ3n) is 4.48. The highest BCUT2D eigenvalue weighted by Gasteiger charge is 2.48. The van der Waals surface area contributed by atoms with Crippen LogP contribution < -0.4 is 5.32 Å². The van der Waals surface area contributed by atoms with Crippen molar-refractivity contribution in [3.05, 3.63) is 65.7 Å². The maximum atomic E-state index is 13.2. The first-order valence-corrected chi connectivity index (χ1v) is 9.07. The molecule has 3 aromatic rings. The number of anilines is 1. The summed E-state index contributed by atoms with van der Waals surface area (Å²) in [5, 5.41) is 3.02. The summed E-state index contributed by atoms with van der Waals surface area (Å²) in [6.07, 6.45) is -4.03. The van der Waals surface area contributed by atoms with Crippen LogP contribution in [-0.4, -0.2) is 15.3 Å². The van der Waals surface area contributed by atoms with E-state index in [-0.39, 0.29) is 11.5 Å². The number of rotatable bonds is 4. The predicted molar refractivity (Wildman–Crippen MR) is 96.3 cm³/mol. The summed E-state index contributed by atoms with van der Waals surface area (Å²) < 4.78 is 43.7. The van der Waals surface area contributed by atoms with Gasteiger partial charge in [-0.1, -0.05) is 48.5 Å². The average molecular weight is 389 g/mol. The highest BCUT2D eigenvalue weighted by atomic mass is 32.1. The fourth-order valence-corrected chi connectivity index (χ4v) is 3.68. The lowest BCUT2D eigenvalue weighted by Crippen LogP contribution is -2.15. The molecule has 138 valence electrons. The molecule has 0 unspecified atom stereocenters. The zero-order valence-corrected chi connectivity index (χ0v) is 14.7. The number of alkyl halides is 3. The second-order valence-corrected chi connectivity index (χ2v) is 7.06. The first kappa shape index (κ1) is 17.7. The van der Waals surface area contributed by atoms with Crippen molar-refractivity contribution in [3.8, 4) is 11.4 Å². The first-order chi connectivity index (χ1) is 12.9. The molecule has 0 bridgehead atoms. The van der Waals surface area contributed by atoms with Gasteiger partial charge in [-0.05, 0) is 24.0 Å². The Kier molecular flexibility index (Phi) is 4.43. The molecule has 1 aliphatic rings. The lowest BCUT2D eigenvalue weighted by Gasteiger charge is -2.12. The predicted octanol–water partition coefficient (Wildman–Crippen LogP) is 4.97. The molecule has 1 aromatic heterocycles. The van der Waals surface area contributed by atoms with Crippen molar-refractivity contribution in [2.24, 2.45) is 5.92 Å². The Morgan fingerprint density at radius 3 is 2.52 bits per heavy atom. The summed E-state index contributed by atoms with van der Waals surface area (Å²) in [4.78, 5) is 16.7. The molecule has 0 radical (unpaired) electrons. The molecule has 2 atom stereocenters. The van der Waals surface area contributed by atoms with Gasteiger partial charge in [0.1, 0.15) is 0 Å². The average Bonchev–Trinajstić information content (AvgIpc) is 3.33. The number of carbonyl (C=O) groups is 1. The van der Waals surface area contributed by atoms with Crippen LogP contribution in [0.1, 0.15) is 23.5 Å². The number of aromatic nitrogens is 2. The molecule has 27 heavy (non-hydrogen) atoms. The topological polar surface area (TPSA) is 54.9 Å². The van der Waals surface area contributed by atoms with Crippen molar-refractivity contribution >= 4 is 22.6 Å². The van der Waals surface area contributed by atoms with Gasteiger partial charge in [-0.25, -0.2) is 0 Å². The fourth-order valence-electron chi connectivity index (χ4n) is 3.08. The van der Waals surface area contributed by atoms with Crippen LogP contribution in [0.3, 0.4) is 0 Å². The van der Waals surface area contributed by atoms with Crippen LogP contribution in [0.4, 0.5) is 18.3 Å². The zero-order chi connectivity index (χ0) is 19.0. The van der Waals surface area contributed by atoms with Crippen molar-refractivity contribution in [1.29, 1.82) is 0 Å². The number of nitrogens with one attached hydrogen (secondary N) is 1. The minimum Gasteiger partial charge on any atom is -0.300 e. The van der Waals surface area contributed by atoms with E-state index in [9.17, 15) is 18.0 Å². The normalized spacial score (nSPS) is 18.9. The van der Waals surface area contributed by atoms with Crippen molar-refractivity contribution in [3.63, 3.8) is 0 Å². The Hall–Kier alpha value is -2.74. The Balaban J connectivity index is 1.45. The van der Waals surface area contributed by atoms with Gasteiger partial charge in [-0.3, -0.25) is 4.79 Å². The van der Waals surface area contributed by atoms with Gasteiger partial charge >= 0.3 is 6.18 Å². The summed E-state index contributed by atoms with van der Waals surface area (Å²) in [5.74, 6) is -0.736. The molecular formula is C19H14F3N3OS. The van der Waals surface area contributed by atoms with Gasteiger partial charge in [0.05, 0.1) is 5.56 Å². The molecule has 0 saturated heterocycles. The lowest BCUT2D eigenvalue weighted by molar-refractivity contribution is -0.138. The van der Waals surface area contributed by atoms with E-state index < -0.39 is 23.6 Å². The molecule has 1 amide bonds. The van der Waals surface area contributed by atoms with E-state index in [0.717, 1.165) is 23.2 Å². The first-order valence-electron chi connectivity index (χ1n) is 8.29. The lowest BCUT2D eigenvalue weighted by atomic mass is 10.0. The molecule has 1 fully saturated rings. The summed E-state index contributed by atoms with van der Waals surface area (Å²) in [6, 6.07) is 14.7. The van der Waals surface area contributed by atoms with Gasteiger partial charge in [0.2, 0.25) is 11.0 Å². The number of amides is 1. The second kappa shape index (κ2) is 6.77. The van der Waals surface area contributed by atoms with E-state index in [1.165, 1.54) is 12.1 Å². The number of carbonyl (C=O) groups excluding carboxylic acids is 1. The molecule has 4 rings (SSSR count). The molecular weight excluding hydrogens is 375 g/mol. The largest absolute Gasteiger partial charge is 0.416 e. The van der Waals surface area contributed by atoms with Crippen LogP contribution in [0.15, 0.2) is 54.6 Å². The second-order valence-electron chi connectivity index (χ2n) is 6.31. The monoisotopic (exact) mass is 389 g/mol. The molecule has 1 heterocycles. The molecule has 8 heteroatoms. The van der Waals surface area contributed by atoms with Crippen LogP contribution in [0.25, 0.3) is 11.4 Å². The minimum atomic E-state index is -4.43. The number of hydrogen-bond donors (Lipinski definition) is 1. The number of benzene rings is 2. The number of halogens is 3. The molecule has 1 saturated carbocycles. The third kappa shape index (κ3) is 3.71. The fraction of sp³-hybridized carbons (Fsp3) is 0.211. The van der Waals surface area contributed by atoms with E-state index >= 15 is 0 Å². The van der Waals surface area contributed by atoms with Crippen molar-refractivity contribution in [2.45, 2.75) is 18.5 Å². The summed E-state index contributed by atoms with van der Waals surface area (Å²) in [6.45, 7) is 0. The van der Waals surface area contributed by atoms with Crippen LogP contribution in [-0.2, 0) is 11.0 Å². The minimum absolute atomic E-state index is 0.174. The molecule has 0 aliphatic heterocycles. The summed E-state index contributed by atoms with van der Waals surface area (Å²) in [5.41, 5.74) is 0.331. The van der Waals surface area contributed by atoms with Gasteiger partial charge in [-0.15, -0.1) is 0 Å². The molecule has 0 spiro atoms. The highest BCUT2D eigenvalue weighted by Crippen LogP contribution is 2.51. The van der Waals surface area contributed by atoms with E-state index in [2.05, 4.69) is 14.7 Å². The summed E-state index contributed by atoms with van der Waals surface area (Å²) >= 11 is 1.05. The van der Waals surface area contributed by atoms with Gasteiger partial charge in [0.15, 0.2) is 5.82 Å². The molecule has 2 aromatic carbocycles. The smallest absolute Gasteiger partial charge is 0.300 e. The van der Waals surface area contributed by atoms with Crippen molar-refractivity contribution in [1.82, 2.24) is 9.36 Å². The van der Waals surface area contributed by atoms with Gasteiger partial charge in [0.25, 0.3) is 0 Å². The summed E-state index contributed by atoms with van der Waals surface area (Å²) in [7, 11) is 0. The van der Waals surface area contributed by atoms with Gasteiger partial charge in [0, 0.05) is 23.0 Å². The van der Waals surface area contributed by atoms with Crippen molar-refractivity contribution < 1.29 is 18.0 Å². The van der Waals surface area contributed by atoms with E-state index in [4.69, 9.17) is 0 Å². The van der Waals surface area contributed by atoms with Crippen LogP contribution in [0.2, 0.25) is 0 Å². The van der Waals surface area contributed by atoms with E-state index in [1.807, 2.05) is 30.3 Å². The van der Waals surface area contributed by atoms with Crippen LogP contribution in [0, 0.1) is 5.92 Å². The SMILES string of the molecule is O=C(Nc1nc(-c2ccccc2)ns1)[C@H]1C[C@@H]1c1ccccc1C(F)(F)F. The van der Waals surface area contributed by atoms with Gasteiger partial charge in [-0.2, -0.15) is 22.5 Å². The standard InChI is InChI=1S/C19H14F3N3OS/c20-19(21,22)15-9-5-4-8-12(15)13-10-14(13)17(26)24-18-23-16(25-27-18)11-6-2-1-3-7-11/h1-9,13-14H,10H2,(H,23,24,25,26)/t13-,14+/m1/s1. The van der Waals surface area contributed by atoms with Crippen molar-refractivity contribution in [2.75, 3.05) is 5.32 Å². The molecule has 4 nitrogen and oxygen atoms in total. The number of nitrogens with zero attached hydrogens (tertiary/aromatic N) is 2. The Bertz CT molecular complexity index is 972. The van der Waals surface area contributed by atoms with E-state index in [1.54, 1.807) is 6.07 Å². The zero-order valence-electron chi connectivity index (χ0n) is 13.9. The Morgan fingerprint density at radius 1 is 1.07 bits per heavy atom. The molecule has 1 aliphatic carbocycles.